The quantitative estimate of drug-likeness (QED) is 0.168. The molecule has 0 aromatic heterocycles. The minimum atomic E-state index is -4.41. The minimum absolute atomic E-state index is 0.0996. The van der Waals surface area contributed by atoms with Gasteiger partial charge in [0.2, 0.25) is 11.8 Å². The van der Waals surface area contributed by atoms with E-state index < -0.39 is 40.2 Å². The molecule has 0 aliphatic rings. The molecule has 2 amide bonds. The molecule has 11 heteroatoms. The number of amides is 2. The van der Waals surface area contributed by atoms with Crippen LogP contribution in [0.5, 0.6) is 0 Å². The lowest BCUT2D eigenvalue weighted by atomic mass is 10.0. The van der Waals surface area contributed by atoms with Crippen molar-refractivity contribution in [1.29, 1.82) is 0 Å². The summed E-state index contributed by atoms with van der Waals surface area (Å²) < 4.78 is 43.8. The fraction of sp³-hybridized carbons (Fsp3) is 0.235. The van der Waals surface area contributed by atoms with Gasteiger partial charge in [0.15, 0.2) is 0 Å². The number of benzene rings is 4. The van der Waals surface area contributed by atoms with Crippen LogP contribution in [0.15, 0.2) is 108 Å². The van der Waals surface area contributed by atoms with Crippen LogP contribution in [0, 0.1) is 5.82 Å². The van der Waals surface area contributed by atoms with Crippen molar-refractivity contribution in [2.45, 2.75) is 50.2 Å². The number of halogens is 3. The number of hydrogen-bond acceptors (Lipinski definition) is 4. The van der Waals surface area contributed by atoms with Crippen LogP contribution >= 0.6 is 23.2 Å². The van der Waals surface area contributed by atoms with Gasteiger partial charge in [0.05, 0.1) is 20.6 Å². The Labute approximate surface area is 273 Å². The van der Waals surface area contributed by atoms with Gasteiger partial charge in [0, 0.05) is 19.0 Å². The molecular formula is C34H34Cl2FN3O4S. The van der Waals surface area contributed by atoms with Gasteiger partial charge in [-0.1, -0.05) is 96.9 Å². The number of nitrogens with one attached hydrogen (secondary N) is 1. The van der Waals surface area contributed by atoms with Crippen molar-refractivity contribution in [2.75, 3.05) is 10.8 Å². The zero-order valence-electron chi connectivity index (χ0n) is 24.9. The number of nitrogens with zero attached hydrogens (tertiary/aromatic N) is 2. The number of para-hydroxylation sites is 1. The summed E-state index contributed by atoms with van der Waals surface area (Å²) in [4.78, 5) is 29.5. The molecular weight excluding hydrogens is 636 g/mol. The predicted octanol–water partition coefficient (Wildman–Crippen LogP) is 6.88. The Balaban J connectivity index is 1.82. The van der Waals surface area contributed by atoms with Crippen LogP contribution in [0.4, 0.5) is 10.1 Å². The second kappa shape index (κ2) is 15.4. The Morgan fingerprint density at radius 3 is 2.09 bits per heavy atom. The summed E-state index contributed by atoms with van der Waals surface area (Å²) in [6.07, 6.45) is 0.794. The maximum Gasteiger partial charge on any atom is 0.264 e. The highest BCUT2D eigenvalue weighted by Crippen LogP contribution is 2.28. The number of anilines is 1. The Hall–Kier alpha value is -3.92. The average molecular weight is 671 g/mol. The highest BCUT2D eigenvalue weighted by Gasteiger charge is 2.35. The fourth-order valence-electron chi connectivity index (χ4n) is 4.72. The zero-order chi connectivity index (χ0) is 32.6. The van der Waals surface area contributed by atoms with Gasteiger partial charge in [-0.05, 0) is 60.9 Å². The molecule has 0 bridgehead atoms. The molecule has 0 heterocycles. The largest absolute Gasteiger partial charge is 0.352 e. The lowest BCUT2D eigenvalue weighted by Crippen LogP contribution is -2.54. The molecule has 0 spiro atoms. The third-order valence-corrected chi connectivity index (χ3v) is 9.85. The van der Waals surface area contributed by atoms with Gasteiger partial charge in [-0.3, -0.25) is 13.9 Å². The summed E-state index contributed by atoms with van der Waals surface area (Å²) in [5.74, 6) is -1.95. The first-order chi connectivity index (χ1) is 21.5. The lowest BCUT2D eigenvalue weighted by Gasteiger charge is -2.34. The molecule has 0 fully saturated rings. The number of carbonyl (C=O) groups excluding carboxylic acids is 2. The molecule has 2 atom stereocenters. The van der Waals surface area contributed by atoms with E-state index in [0.717, 1.165) is 15.9 Å². The Kier molecular flexibility index (Phi) is 11.6. The highest BCUT2D eigenvalue weighted by atomic mass is 35.5. The van der Waals surface area contributed by atoms with Crippen LogP contribution in [-0.4, -0.2) is 43.8 Å². The summed E-state index contributed by atoms with van der Waals surface area (Å²) in [5.41, 5.74) is 1.06. The van der Waals surface area contributed by atoms with E-state index >= 15 is 4.39 Å². The van der Waals surface area contributed by atoms with Gasteiger partial charge in [-0.2, -0.15) is 0 Å². The molecule has 7 nitrogen and oxygen atoms in total. The van der Waals surface area contributed by atoms with Gasteiger partial charge in [-0.25, -0.2) is 12.8 Å². The highest BCUT2D eigenvalue weighted by molar-refractivity contribution is 7.92. The normalized spacial score (nSPS) is 12.6. The molecule has 0 unspecified atom stereocenters. The van der Waals surface area contributed by atoms with Gasteiger partial charge >= 0.3 is 0 Å². The van der Waals surface area contributed by atoms with E-state index in [1.54, 1.807) is 36.4 Å². The fourth-order valence-corrected chi connectivity index (χ4v) is 6.48. The monoisotopic (exact) mass is 669 g/mol. The van der Waals surface area contributed by atoms with Crippen molar-refractivity contribution in [3.8, 4) is 0 Å². The van der Waals surface area contributed by atoms with Gasteiger partial charge < -0.3 is 10.2 Å². The third kappa shape index (κ3) is 8.63. The molecule has 45 heavy (non-hydrogen) atoms. The van der Waals surface area contributed by atoms with Crippen LogP contribution < -0.4 is 9.62 Å². The van der Waals surface area contributed by atoms with E-state index in [4.69, 9.17) is 23.2 Å². The second-order valence-electron chi connectivity index (χ2n) is 10.6. The molecule has 1 N–H and O–H groups in total. The number of carbonyl (C=O) groups is 2. The molecule has 4 aromatic rings. The van der Waals surface area contributed by atoms with Crippen LogP contribution in [0.1, 0.15) is 31.4 Å². The van der Waals surface area contributed by atoms with E-state index in [9.17, 15) is 18.0 Å². The van der Waals surface area contributed by atoms with Gasteiger partial charge in [0.25, 0.3) is 10.0 Å². The molecule has 0 saturated heterocycles. The SMILES string of the molecule is CC[C@H](C)NC(=O)[C@@H](Cc1ccccc1)N(Cc1ccc(Cl)c(Cl)c1)C(=O)CN(c1ccccc1F)S(=O)(=O)c1ccccc1. The van der Waals surface area contributed by atoms with Crippen molar-refractivity contribution in [3.63, 3.8) is 0 Å². The van der Waals surface area contributed by atoms with Crippen molar-refractivity contribution in [1.82, 2.24) is 10.2 Å². The Bertz CT molecular complexity index is 1730. The maximum absolute atomic E-state index is 15.2. The summed E-state index contributed by atoms with van der Waals surface area (Å²) in [6.45, 7) is 2.91. The van der Waals surface area contributed by atoms with Crippen LogP contribution in [0.25, 0.3) is 0 Å². The van der Waals surface area contributed by atoms with Crippen LogP contribution in [-0.2, 0) is 32.6 Å². The average Bonchev–Trinajstić information content (AvgIpc) is 3.04. The second-order valence-corrected chi connectivity index (χ2v) is 13.2. The minimum Gasteiger partial charge on any atom is -0.352 e. The van der Waals surface area contributed by atoms with Crippen molar-refractivity contribution in [3.05, 3.63) is 130 Å². The number of sulfonamides is 1. The smallest absolute Gasteiger partial charge is 0.264 e. The van der Waals surface area contributed by atoms with Crippen LogP contribution in [0.2, 0.25) is 10.0 Å². The van der Waals surface area contributed by atoms with E-state index in [1.807, 2.05) is 44.2 Å². The molecule has 4 rings (SSSR count). The molecule has 0 aliphatic heterocycles. The van der Waals surface area contributed by atoms with E-state index in [-0.39, 0.29) is 34.6 Å². The summed E-state index contributed by atoms with van der Waals surface area (Å²) in [7, 11) is -4.41. The molecule has 0 saturated carbocycles. The number of rotatable bonds is 13. The first kappa shape index (κ1) is 34.0. The molecule has 0 aliphatic carbocycles. The Morgan fingerprint density at radius 2 is 1.47 bits per heavy atom. The van der Waals surface area contributed by atoms with Gasteiger partial charge in [0.1, 0.15) is 18.4 Å². The topological polar surface area (TPSA) is 86.8 Å². The molecule has 236 valence electrons. The first-order valence-electron chi connectivity index (χ1n) is 14.4. The predicted molar refractivity (Wildman–Crippen MR) is 176 cm³/mol. The summed E-state index contributed by atoms with van der Waals surface area (Å²) >= 11 is 12.4. The zero-order valence-corrected chi connectivity index (χ0v) is 27.2. The van der Waals surface area contributed by atoms with Crippen molar-refractivity contribution >= 4 is 50.7 Å². The standard InChI is InChI=1S/C34H34Cl2FN3O4S/c1-3-24(2)38-34(42)32(21-25-12-6-4-7-13-25)39(22-26-18-19-28(35)29(36)20-26)33(41)23-40(31-17-11-10-16-30(31)37)45(43,44)27-14-8-5-9-15-27/h4-20,24,32H,3,21-23H2,1-2H3,(H,38,42)/t24-,32+/m0/s1. The van der Waals surface area contributed by atoms with Crippen LogP contribution in [0.3, 0.4) is 0 Å². The molecule has 4 aromatic carbocycles. The van der Waals surface area contributed by atoms with E-state index in [2.05, 4.69) is 5.32 Å². The van der Waals surface area contributed by atoms with E-state index in [0.29, 0.717) is 17.0 Å². The van der Waals surface area contributed by atoms with E-state index in [1.165, 1.54) is 35.2 Å². The lowest BCUT2D eigenvalue weighted by molar-refractivity contribution is -0.140. The van der Waals surface area contributed by atoms with Crippen molar-refractivity contribution < 1.29 is 22.4 Å². The summed E-state index contributed by atoms with van der Waals surface area (Å²) in [5, 5.41) is 3.54. The maximum atomic E-state index is 15.2. The molecule has 0 radical (unpaired) electrons. The van der Waals surface area contributed by atoms with Gasteiger partial charge in [-0.15, -0.1) is 0 Å². The first-order valence-corrected chi connectivity index (χ1v) is 16.6. The summed E-state index contributed by atoms with van der Waals surface area (Å²) in [6, 6.07) is 25.6. The van der Waals surface area contributed by atoms with Crippen molar-refractivity contribution in [2.24, 2.45) is 0 Å². The third-order valence-electron chi connectivity index (χ3n) is 7.34. The number of hydrogen-bond donors (Lipinski definition) is 1. The Morgan fingerprint density at radius 1 is 0.844 bits per heavy atom.